The van der Waals surface area contributed by atoms with Crippen LogP contribution in [0.3, 0.4) is 0 Å². The topological polar surface area (TPSA) is 63.6 Å². The summed E-state index contributed by atoms with van der Waals surface area (Å²) in [5.74, 6) is 0.875. The summed E-state index contributed by atoms with van der Waals surface area (Å²) < 4.78 is 2.03. The minimum Gasteiger partial charge on any atom is -0.337 e. The molecule has 1 fully saturated rings. The van der Waals surface area contributed by atoms with Crippen LogP contribution < -0.4 is 5.73 Å². The van der Waals surface area contributed by atoms with E-state index in [1.54, 1.807) is 11.8 Å². The smallest absolute Gasteiger partial charge is 0.253 e. The van der Waals surface area contributed by atoms with Crippen LogP contribution in [-0.4, -0.2) is 39.3 Å². The van der Waals surface area contributed by atoms with Gasteiger partial charge in [-0.3, -0.25) is 4.79 Å². The lowest BCUT2D eigenvalue weighted by atomic mass is 10.2. The number of aromatic nitrogens is 2. The number of carbonyl (C=O) groups is 1. The molecule has 1 aliphatic rings. The fourth-order valence-corrected chi connectivity index (χ4v) is 3.84. The standard InChI is InChI=1S/C19H20N4OS.2ClH/c20-15-8-10-23(11-15)19(24)14-4-6-17(7-5-14)25-13-16-12-22-9-2-1-3-18(22)21-16;;/h1-7,9,12,15H,8,10-11,13,20H2;2*1H/t15-;;/m1../s1. The highest BCUT2D eigenvalue weighted by atomic mass is 35.5. The highest BCUT2D eigenvalue weighted by Gasteiger charge is 2.24. The van der Waals surface area contributed by atoms with E-state index < -0.39 is 0 Å². The van der Waals surface area contributed by atoms with Gasteiger partial charge in [0.1, 0.15) is 5.65 Å². The largest absolute Gasteiger partial charge is 0.337 e. The van der Waals surface area contributed by atoms with Crippen molar-refractivity contribution in [2.75, 3.05) is 13.1 Å². The van der Waals surface area contributed by atoms with Gasteiger partial charge < -0.3 is 15.0 Å². The van der Waals surface area contributed by atoms with Crippen LogP contribution in [0, 0.1) is 0 Å². The Labute approximate surface area is 175 Å². The second kappa shape index (κ2) is 9.46. The number of benzene rings is 1. The summed E-state index contributed by atoms with van der Waals surface area (Å²) in [5.41, 5.74) is 8.62. The molecule has 0 radical (unpaired) electrons. The molecule has 5 nitrogen and oxygen atoms in total. The van der Waals surface area contributed by atoms with E-state index in [1.807, 2.05) is 58.0 Å². The maximum Gasteiger partial charge on any atom is 0.253 e. The Bertz CT molecular complexity index is 867. The molecule has 4 rings (SSSR count). The van der Waals surface area contributed by atoms with Gasteiger partial charge in [-0.05, 0) is 42.8 Å². The van der Waals surface area contributed by atoms with Crippen molar-refractivity contribution in [3.05, 3.63) is 66.1 Å². The van der Waals surface area contributed by atoms with Crippen LogP contribution in [0.25, 0.3) is 5.65 Å². The molecule has 27 heavy (non-hydrogen) atoms. The van der Waals surface area contributed by atoms with Gasteiger partial charge in [-0.1, -0.05) is 6.07 Å². The van der Waals surface area contributed by atoms with Gasteiger partial charge in [0.05, 0.1) is 5.69 Å². The lowest BCUT2D eigenvalue weighted by Crippen LogP contribution is -2.31. The molecule has 144 valence electrons. The summed E-state index contributed by atoms with van der Waals surface area (Å²) in [6, 6.07) is 13.9. The molecule has 2 aromatic heterocycles. The van der Waals surface area contributed by atoms with Gasteiger partial charge in [-0.2, -0.15) is 0 Å². The van der Waals surface area contributed by atoms with Gasteiger partial charge in [-0.15, -0.1) is 36.6 Å². The number of thioether (sulfide) groups is 1. The molecule has 3 heterocycles. The summed E-state index contributed by atoms with van der Waals surface area (Å²) in [5, 5.41) is 0. The minimum atomic E-state index is 0. The van der Waals surface area contributed by atoms with Gasteiger partial charge in [0.25, 0.3) is 5.91 Å². The first kappa shape index (κ1) is 21.6. The van der Waals surface area contributed by atoms with Crippen molar-refractivity contribution in [1.82, 2.24) is 14.3 Å². The van der Waals surface area contributed by atoms with Crippen molar-refractivity contribution in [1.29, 1.82) is 0 Å². The maximum absolute atomic E-state index is 12.4. The van der Waals surface area contributed by atoms with Crippen molar-refractivity contribution in [3.63, 3.8) is 0 Å². The Morgan fingerprint density at radius 2 is 1.96 bits per heavy atom. The quantitative estimate of drug-likeness (QED) is 0.649. The highest BCUT2D eigenvalue weighted by Crippen LogP contribution is 2.23. The molecular weight excluding hydrogens is 403 g/mol. The molecule has 1 saturated heterocycles. The summed E-state index contributed by atoms with van der Waals surface area (Å²) in [6.45, 7) is 1.41. The fraction of sp³-hybridized carbons (Fsp3) is 0.263. The Morgan fingerprint density at radius 3 is 2.63 bits per heavy atom. The SMILES string of the molecule is Cl.Cl.N[C@@H]1CCN(C(=O)c2ccc(SCc3cn4ccccc4n3)cc2)C1. The maximum atomic E-state index is 12.4. The summed E-state index contributed by atoms with van der Waals surface area (Å²) in [7, 11) is 0. The van der Waals surface area contributed by atoms with Crippen molar-refractivity contribution < 1.29 is 4.79 Å². The van der Waals surface area contributed by atoms with Gasteiger partial charge in [0.2, 0.25) is 0 Å². The van der Waals surface area contributed by atoms with E-state index >= 15 is 0 Å². The first-order valence-corrected chi connectivity index (χ1v) is 9.38. The van der Waals surface area contributed by atoms with Crippen LogP contribution >= 0.6 is 36.6 Å². The van der Waals surface area contributed by atoms with Gasteiger partial charge in [0, 0.05) is 47.7 Å². The minimum absolute atomic E-state index is 0. The number of carbonyl (C=O) groups excluding carboxylic acids is 1. The summed E-state index contributed by atoms with van der Waals surface area (Å²) in [4.78, 5) is 20.0. The third-order valence-electron chi connectivity index (χ3n) is 4.41. The van der Waals surface area contributed by atoms with Crippen LogP contribution in [0.2, 0.25) is 0 Å². The summed E-state index contributed by atoms with van der Waals surface area (Å²) in [6.07, 6.45) is 4.94. The van der Waals surface area contributed by atoms with E-state index in [9.17, 15) is 4.79 Å². The zero-order valence-electron chi connectivity index (χ0n) is 14.7. The van der Waals surface area contributed by atoms with Gasteiger partial charge in [-0.25, -0.2) is 4.98 Å². The third-order valence-corrected chi connectivity index (χ3v) is 5.46. The highest BCUT2D eigenvalue weighted by molar-refractivity contribution is 7.98. The van der Waals surface area contributed by atoms with E-state index in [-0.39, 0.29) is 36.8 Å². The molecule has 1 amide bonds. The normalized spacial score (nSPS) is 16.0. The van der Waals surface area contributed by atoms with Crippen molar-refractivity contribution in [2.24, 2.45) is 5.73 Å². The van der Waals surface area contributed by atoms with E-state index in [2.05, 4.69) is 11.2 Å². The molecule has 1 aromatic carbocycles. The zero-order chi connectivity index (χ0) is 17.2. The predicted octanol–water partition coefficient (Wildman–Crippen LogP) is 3.64. The van der Waals surface area contributed by atoms with E-state index in [1.165, 1.54) is 0 Å². The van der Waals surface area contributed by atoms with Crippen molar-refractivity contribution in [3.8, 4) is 0 Å². The molecule has 0 spiro atoms. The average Bonchev–Trinajstić information content (AvgIpc) is 3.25. The number of likely N-dealkylation sites (tertiary alicyclic amines) is 1. The van der Waals surface area contributed by atoms with Gasteiger partial charge >= 0.3 is 0 Å². The fourth-order valence-electron chi connectivity index (χ4n) is 3.06. The monoisotopic (exact) mass is 424 g/mol. The van der Waals surface area contributed by atoms with E-state index in [0.29, 0.717) is 6.54 Å². The lowest BCUT2D eigenvalue weighted by Gasteiger charge is -2.15. The van der Waals surface area contributed by atoms with Crippen LogP contribution in [0.4, 0.5) is 0 Å². The van der Waals surface area contributed by atoms with Crippen molar-refractivity contribution >= 4 is 48.1 Å². The first-order valence-electron chi connectivity index (χ1n) is 8.39. The average molecular weight is 425 g/mol. The number of nitrogens with two attached hydrogens (primary N) is 1. The van der Waals surface area contributed by atoms with Crippen LogP contribution in [-0.2, 0) is 5.75 Å². The Balaban J connectivity index is 0.00000131. The number of hydrogen-bond donors (Lipinski definition) is 1. The molecular formula is C19H22Cl2N4OS. The predicted molar refractivity (Wildman–Crippen MR) is 114 cm³/mol. The number of hydrogen-bond acceptors (Lipinski definition) is 4. The van der Waals surface area contributed by atoms with Crippen LogP contribution in [0.1, 0.15) is 22.5 Å². The molecule has 1 aliphatic heterocycles. The zero-order valence-corrected chi connectivity index (χ0v) is 17.1. The first-order chi connectivity index (χ1) is 12.2. The second-order valence-corrected chi connectivity index (χ2v) is 7.36. The van der Waals surface area contributed by atoms with E-state index in [4.69, 9.17) is 5.73 Å². The molecule has 0 saturated carbocycles. The van der Waals surface area contributed by atoms with E-state index in [0.717, 1.165) is 40.5 Å². The van der Waals surface area contributed by atoms with Crippen LogP contribution in [0.15, 0.2) is 59.8 Å². The number of fused-ring (bicyclic) bond motifs is 1. The summed E-state index contributed by atoms with van der Waals surface area (Å²) >= 11 is 1.72. The Morgan fingerprint density at radius 1 is 1.19 bits per heavy atom. The number of halogens is 2. The lowest BCUT2D eigenvalue weighted by molar-refractivity contribution is 0.0791. The number of amides is 1. The second-order valence-electron chi connectivity index (χ2n) is 6.31. The number of rotatable bonds is 4. The Kier molecular flexibility index (Phi) is 7.56. The third kappa shape index (κ3) is 4.96. The molecule has 8 heteroatoms. The molecule has 0 aliphatic carbocycles. The molecule has 3 aromatic rings. The molecule has 2 N–H and O–H groups in total. The molecule has 0 bridgehead atoms. The molecule has 0 unspecified atom stereocenters. The Hall–Kier alpha value is -1.73. The number of nitrogens with zero attached hydrogens (tertiary/aromatic N) is 3. The number of imidazole rings is 1. The molecule has 1 atom stereocenters. The van der Waals surface area contributed by atoms with Gasteiger partial charge in [0.15, 0.2) is 0 Å². The van der Waals surface area contributed by atoms with Crippen LogP contribution in [0.5, 0.6) is 0 Å². The number of pyridine rings is 1. The van der Waals surface area contributed by atoms with Crippen molar-refractivity contribution in [2.45, 2.75) is 23.1 Å².